The van der Waals surface area contributed by atoms with Crippen LogP contribution >= 0.6 is 15.9 Å². The first-order valence-electron chi connectivity index (χ1n) is 6.71. The lowest BCUT2D eigenvalue weighted by Crippen LogP contribution is -2.25. The average Bonchev–Trinajstić information content (AvgIpc) is 2.84. The molecule has 110 valence electrons. The smallest absolute Gasteiger partial charge is 0.275 e. The zero-order valence-electron chi connectivity index (χ0n) is 11.5. The first-order valence-corrected chi connectivity index (χ1v) is 7.51. The van der Waals surface area contributed by atoms with Gasteiger partial charge in [-0.2, -0.15) is 0 Å². The Balaban J connectivity index is 1.82. The van der Waals surface area contributed by atoms with Crippen molar-refractivity contribution in [3.8, 4) is 0 Å². The average molecular weight is 359 g/mol. The summed E-state index contributed by atoms with van der Waals surface area (Å²) in [4.78, 5) is 16.3. The zero-order chi connectivity index (χ0) is 15.5. The van der Waals surface area contributed by atoms with Crippen LogP contribution in [-0.4, -0.2) is 11.7 Å². The van der Waals surface area contributed by atoms with Crippen molar-refractivity contribution in [1.29, 1.82) is 0 Å². The molecule has 0 atom stereocenters. The van der Waals surface area contributed by atoms with Gasteiger partial charge in [-0.15, -0.1) is 0 Å². The first-order chi connectivity index (χ1) is 10.6. The van der Waals surface area contributed by atoms with Gasteiger partial charge in [0.1, 0.15) is 17.3 Å². The molecule has 0 aliphatic carbocycles. The van der Waals surface area contributed by atoms with E-state index in [2.05, 4.69) is 26.2 Å². The van der Waals surface area contributed by atoms with Crippen LogP contribution in [0.15, 0.2) is 63.7 Å². The van der Waals surface area contributed by atoms with Crippen molar-refractivity contribution in [3.63, 3.8) is 0 Å². The van der Waals surface area contributed by atoms with E-state index >= 15 is 0 Å². The highest BCUT2D eigenvalue weighted by molar-refractivity contribution is 9.10. The summed E-state index contributed by atoms with van der Waals surface area (Å²) in [6.45, 7) is 0. The quantitative estimate of drug-likeness (QED) is 0.835. The van der Waals surface area contributed by atoms with Gasteiger partial charge in [-0.1, -0.05) is 46.3 Å². The molecule has 3 nitrogen and oxygen atoms in total. The Kier molecular flexibility index (Phi) is 4.15. The van der Waals surface area contributed by atoms with Crippen LogP contribution in [0.2, 0.25) is 0 Å². The molecule has 1 aliphatic rings. The molecule has 0 fully saturated rings. The van der Waals surface area contributed by atoms with E-state index in [1.807, 2.05) is 24.3 Å². The van der Waals surface area contributed by atoms with Crippen molar-refractivity contribution in [2.75, 3.05) is 0 Å². The second-order valence-corrected chi connectivity index (χ2v) is 5.72. The number of aliphatic imine (C=N–C) groups is 1. The summed E-state index contributed by atoms with van der Waals surface area (Å²) in [5, 5.41) is 2.74. The third-order valence-corrected chi connectivity index (χ3v) is 3.95. The predicted octanol–water partition coefficient (Wildman–Crippen LogP) is 3.70. The van der Waals surface area contributed by atoms with Gasteiger partial charge in [0.25, 0.3) is 5.91 Å². The fourth-order valence-corrected chi connectivity index (χ4v) is 2.54. The van der Waals surface area contributed by atoms with E-state index in [4.69, 9.17) is 0 Å². The normalized spacial score (nSPS) is 15.8. The Bertz CT molecular complexity index is 782. The maximum absolute atomic E-state index is 12.9. The van der Waals surface area contributed by atoms with Gasteiger partial charge >= 0.3 is 0 Å². The van der Waals surface area contributed by atoms with Crippen LogP contribution in [0.3, 0.4) is 0 Å². The van der Waals surface area contributed by atoms with Gasteiger partial charge < -0.3 is 5.32 Å². The Hall–Kier alpha value is -2.27. The standard InChI is InChI=1S/C17H12BrFN2O/c18-14-4-2-1-3-12(14)10-15-17(22)21-16(20-15)9-11-5-7-13(19)8-6-11/h1-8,10H,9H2,(H,20,21,22)/b15-10-. The molecule has 0 spiro atoms. The zero-order valence-corrected chi connectivity index (χ0v) is 13.1. The lowest BCUT2D eigenvalue weighted by atomic mass is 10.1. The number of rotatable bonds is 3. The number of amides is 1. The van der Waals surface area contributed by atoms with E-state index in [-0.39, 0.29) is 11.7 Å². The second kappa shape index (κ2) is 6.23. The minimum Gasteiger partial charge on any atom is -0.308 e. The lowest BCUT2D eigenvalue weighted by Gasteiger charge is -2.00. The highest BCUT2D eigenvalue weighted by Gasteiger charge is 2.20. The van der Waals surface area contributed by atoms with Crippen molar-refractivity contribution in [1.82, 2.24) is 5.32 Å². The molecule has 1 aliphatic heterocycles. The molecule has 0 radical (unpaired) electrons. The molecule has 2 aromatic rings. The highest BCUT2D eigenvalue weighted by Crippen LogP contribution is 2.21. The van der Waals surface area contributed by atoms with Crippen LogP contribution in [-0.2, 0) is 11.2 Å². The van der Waals surface area contributed by atoms with Crippen LogP contribution in [0.1, 0.15) is 11.1 Å². The van der Waals surface area contributed by atoms with Crippen LogP contribution in [0.25, 0.3) is 6.08 Å². The van der Waals surface area contributed by atoms with Crippen LogP contribution in [0, 0.1) is 5.82 Å². The van der Waals surface area contributed by atoms with E-state index in [9.17, 15) is 9.18 Å². The Morgan fingerprint density at radius 1 is 1.14 bits per heavy atom. The van der Waals surface area contributed by atoms with Gasteiger partial charge in [0.15, 0.2) is 0 Å². The first kappa shape index (κ1) is 14.7. The number of nitrogens with zero attached hydrogens (tertiary/aromatic N) is 1. The monoisotopic (exact) mass is 358 g/mol. The topological polar surface area (TPSA) is 41.5 Å². The third-order valence-electron chi connectivity index (χ3n) is 3.23. The summed E-state index contributed by atoms with van der Waals surface area (Å²) in [7, 11) is 0. The molecule has 0 saturated carbocycles. The van der Waals surface area contributed by atoms with Gasteiger partial charge in [-0.25, -0.2) is 9.38 Å². The van der Waals surface area contributed by atoms with E-state index in [1.165, 1.54) is 12.1 Å². The summed E-state index contributed by atoms with van der Waals surface area (Å²) in [5.74, 6) is 0.0541. The van der Waals surface area contributed by atoms with E-state index < -0.39 is 0 Å². The van der Waals surface area contributed by atoms with Crippen molar-refractivity contribution in [2.45, 2.75) is 6.42 Å². The Morgan fingerprint density at radius 2 is 1.86 bits per heavy atom. The second-order valence-electron chi connectivity index (χ2n) is 4.87. The fourth-order valence-electron chi connectivity index (χ4n) is 2.14. The molecule has 2 aromatic carbocycles. The highest BCUT2D eigenvalue weighted by atomic mass is 79.9. The molecule has 1 heterocycles. The van der Waals surface area contributed by atoms with Crippen LogP contribution in [0.4, 0.5) is 4.39 Å². The van der Waals surface area contributed by atoms with Crippen LogP contribution < -0.4 is 5.32 Å². The molecule has 0 unspecified atom stereocenters. The Morgan fingerprint density at radius 3 is 2.59 bits per heavy atom. The molecule has 1 amide bonds. The number of amidine groups is 1. The summed E-state index contributed by atoms with van der Waals surface area (Å²) in [6, 6.07) is 13.8. The number of hydrogen-bond donors (Lipinski definition) is 1. The molecule has 0 saturated heterocycles. The minimum absolute atomic E-state index is 0.229. The number of carbonyl (C=O) groups is 1. The largest absolute Gasteiger partial charge is 0.308 e. The van der Waals surface area contributed by atoms with Crippen LogP contribution in [0.5, 0.6) is 0 Å². The van der Waals surface area contributed by atoms with Crippen molar-refractivity contribution in [3.05, 3.63) is 75.6 Å². The van der Waals surface area contributed by atoms with Gasteiger partial charge in [-0.05, 0) is 35.4 Å². The number of nitrogens with one attached hydrogen (secondary N) is 1. The summed E-state index contributed by atoms with van der Waals surface area (Å²) >= 11 is 3.44. The molecule has 0 aromatic heterocycles. The SMILES string of the molecule is O=C1NC(Cc2ccc(F)cc2)=N/C1=C\c1ccccc1Br. The number of benzene rings is 2. The maximum atomic E-state index is 12.9. The number of carbonyl (C=O) groups excluding carboxylic acids is 1. The molecule has 22 heavy (non-hydrogen) atoms. The van der Waals surface area contributed by atoms with Gasteiger partial charge in [0.2, 0.25) is 0 Å². The summed E-state index contributed by atoms with van der Waals surface area (Å²) in [5.41, 5.74) is 2.14. The molecule has 0 bridgehead atoms. The molecular formula is C17H12BrFN2O. The van der Waals surface area contributed by atoms with Gasteiger partial charge in [0, 0.05) is 10.9 Å². The molecule has 3 rings (SSSR count). The molecule has 5 heteroatoms. The van der Waals surface area contributed by atoms with Crippen molar-refractivity contribution < 1.29 is 9.18 Å². The minimum atomic E-state index is -0.282. The molecule has 1 N–H and O–H groups in total. The summed E-state index contributed by atoms with van der Waals surface area (Å²) < 4.78 is 13.8. The predicted molar refractivity (Wildman–Crippen MR) is 87.8 cm³/mol. The molecular weight excluding hydrogens is 347 g/mol. The van der Waals surface area contributed by atoms with Crippen molar-refractivity contribution in [2.24, 2.45) is 4.99 Å². The van der Waals surface area contributed by atoms with E-state index in [0.29, 0.717) is 18.0 Å². The third kappa shape index (κ3) is 3.31. The Labute approximate surface area is 135 Å². The lowest BCUT2D eigenvalue weighted by molar-refractivity contribution is -0.115. The van der Waals surface area contributed by atoms with E-state index in [1.54, 1.807) is 18.2 Å². The van der Waals surface area contributed by atoms with Gasteiger partial charge in [-0.3, -0.25) is 4.79 Å². The summed E-state index contributed by atoms with van der Waals surface area (Å²) in [6.07, 6.45) is 2.19. The maximum Gasteiger partial charge on any atom is 0.275 e. The number of hydrogen-bond acceptors (Lipinski definition) is 2. The fraction of sp³-hybridized carbons (Fsp3) is 0.0588. The number of halogens is 2. The van der Waals surface area contributed by atoms with Crippen molar-refractivity contribution >= 4 is 33.7 Å². The van der Waals surface area contributed by atoms with E-state index in [0.717, 1.165) is 15.6 Å². The van der Waals surface area contributed by atoms with Gasteiger partial charge in [0.05, 0.1) is 0 Å².